The van der Waals surface area contributed by atoms with Crippen LogP contribution in [0.25, 0.3) is 11.3 Å². The molecule has 3 aromatic rings. The maximum atomic E-state index is 12.2. The molecule has 0 radical (unpaired) electrons. The SMILES string of the molecule is Cc1cccc(NC(=O)CCc2ncc(-c3cccc(Br)c3)o2)c1C. The first-order valence-corrected chi connectivity index (χ1v) is 8.89. The lowest BCUT2D eigenvalue weighted by molar-refractivity contribution is -0.116. The Hall–Kier alpha value is -2.40. The van der Waals surface area contributed by atoms with Crippen LogP contribution in [-0.4, -0.2) is 10.9 Å². The van der Waals surface area contributed by atoms with Gasteiger partial charge in [0.25, 0.3) is 0 Å². The van der Waals surface area contributed by atoms with Gasteiger partial charge in [-0.05, 0) is 43.2 Å². The number of halogens is 1. The van der Waals surface area contributed by atoms with Crippen LogP contribution in [0, 0.1) is 13.8 Å². The van der Waals surface area contributed by atoms with Crippen molar-refractivity contribution in [2.24, 2.45) is 0 Å². The average molecular weight is 399 g/mol. The molecule has 2 aromatic carbocycles. The summed E-state index contributed by atoms with van der Waals surface area (Å²) >= 11 is 3.44. The van der Waals surface area contributed by atoms with Gasteiger partial charge >= 0.3 is 0 Å². The van der Waals surface area contributed by atoms with Gasteiger partial charge in [0, 0.05) is 28.6 Å². The molecular weight excluding hydrogens is 380 g/mol. The normalized spacial score (nSPS) is 10.7. The van der Waals surface area contributed by atoms with Crippen molar-refractivity contribution in [1.82, 2.24) is 4.98 Å². The van der Waals surface area contributed by atoms with Crippen molar-refractivity contribution in [3.8, 4) is 11.3 Å². The van der Waals surface area contributed by atoms with E-state index in [0.717, 1.165) is 26.9 Å². The van der Waals surface area contributed by atoms with E-state index in [1.807, 2.05) is 56.3 Å². The first kappa shape index (κ1) is 17.4. The fourth-order valence-corrected chi connectivity index (χ4v) is 2.92. The highest BCUT2D eigenvalue weighted by molar-refractivity contribution is 9.10. The molecule has 0 aliphatic carbocycles. The Morgan fingerprint density at radius 2 is 2.00 bits per heavy atom. The highest BCUT2D eigenvalue weighted by atomic mass is 79.9. The molecule has 0 unspecified atom stereocenters. The van der Waals surface area contributed by atoms with Gasteiger partial charge in [-0.3, -0.25) is 4.79 Å². The predicted octanol–water partition coefficient (Wildman–Crippen LogP) is 5.29. The van der Waals surface area contributed by atoms with E-state index in [-0.39, 0.29) is 5.91 Å². The third-order valence-corrected chi connectivity index (χ3v) is 4.60. The minimum Gasteiger partial charge on any atom is -0.441 e. The second kappa shape index (κ2) is 7.66. The van der Waals surface area contributed by atoms with E-state index in [0.29, 0.717) is 24.5 Å². The number of carbonyl (C=O) groups is 1. The fourth-order valence-electron chi connectivity index (χ4n) is 2.52. The molecule has 128 valence electrons. The number of aryl methyl sites for hydroxylation is 2. The second-order valence-electron chi connectivity index (χ2n) is 5.92. The number of nitrogens with zero attached hydrogens (tertiary/aromatic N) is 1. The van der Waals surface area contributed by atoms with Gasteiger partial charge in [0.15, 0.2) is 11.7 Å². The number of aromatic nitrogens is 1. The minimum absolute atomic E-state index is 0.0455. The summed E-state index contributed by atoms with van der Waals surface area (Å²) in [6, 6.07) is 13.7. The first-order chi connectivity index (χ1) is 12.0. The lowest BCUT2D eigenvalue weighted by atomic mass is 10.1. The third-order valence-electron chi connectivity index (χ3n) is 4.11. The number of amides is 1. The maximum Gasteiger partial charge on any atom is 0.224 e. The fraction of sp³-hybridized carbons (Fsp3) is 0.200. The van der Waals surface area contributed by atoms with Gasteiger partial charge in [-0.15, -0.1) is 0 Å². The number of hydrogen-bond donors (Lipinski definition) is 1. The topological polar surface area (TPSA) is 55.1 Å². The van der Waals surface area contributed by atoms with E-state index < -0.39 is 0 Å². The molecule has 0 aliphatic heterocycles. The molecule has 0 atom stereocenters. The van der Waals surface area contributed by atoms with Crippen LogP contribution >= 0.6 is 15.9 Å². The zero-order valence-corrected chi connectivity index (χ0v) is 15.8. The molecule has 0 fully saturated rings. The summed E-state index contributed by atoms with van der Waals surface area (Å²) in [5, 5.41) is 2.95. The van der Waals surface area contributed by atoms with Gasteiger partial charge in [0.1, 0.15) is 0 Å². The van der Waals surface area contributed by atoms with Crippen LogP contribution in [0.2, 0.25) is 0 Å². The molecule has 5 heteroatoms. The number of hydrogen-bond acceptors (Lipinski definition) is 3. The van der Waals surface area contributed by atoms with E-state index in [1.54, 1.807) is 6.20 Å². The summed E-state index contributed by atoms with van der Waals surface area (Å²) in [5.41, 5.74) is 4.05. The van der Waals surface area contributed by atoms with Crippen molar-refractivity contribution in [2.75, 3.05) is 5.32 Å². The van der Waals surface area contributed by atoms with Crippen LogP contribution < -0.4 is 5.32 Å². The Labute approximate surface area is 155 Å². The summed E-state index contributed by atoms with van der Waals surface area (Å²) in [7, 11) is 0. The molecule has 3 rings (SSSR count). The van der Waals surface area contributed by atoms with Crippen molar-refractivity contribution in [2.45, 2.75) is 26.7 Å². The first-order valence-electron chi connectivity index (χ1n) is 8.09. The molecule has 0 aliphatic rings. The monoisotopic (exact) mass is 398 g/mol. The molecule has 0 saturated heterocycles. The van der Waals surface area contributed by atoms with Crippen LogP contribution in [0.3, 0.4) is 0 Å². The Morgan fingerprint density at radius 3 is 2.80 bits per heavy atom. The highest BCUT2D eigenvalue weighted by Crippen LogP contribution is 2.24. The Bertz CT molecular complexity index is 902. The Kier molecular flexibility index (Phi) is 5.34. The van der Waals surface area contributed by atoms with Crippen molar-refractivity contribution in [3.05, 3.63) is 70.2 Å². The molecule has 1 aromatic heterocycles. The van der Waals surface area contributed by atoms with Crippen molar-refractivity contribution >= 4 is 27.5 Å². The van der Waals surface area contributed by atoms with E-state index >= 15 is 0 Å². The highest BCUT2D eigenvalue weighted by Gasteiger charge is 2.10. The molecule has 1 amide bonds. The summed E-state index contributed by atoms with van der Waals surface area (Å²) in [4.78, 5) is 16.5. The van der Waals surface area contributed by atoms with Gasteiger partial charge in [-0.1, -0.05) is 40.2 Å². The lowest BCUT2D eigenvalue weighted by Gasteiger charge is -2.09. The van der Waals surface area contributed by atoms with E-state index in [1.165, 1.54) is 0 Å². The number of anilines is 1. The summed E-state index contributed by atoms with van der Waals surface area (Å²) in [6.45, 7) is 4.03. The van der Waals surface area contributed by atoms with Crippen LogP contribution in [0.15, 0.2) is 57.6 Å². The van der Waals surface area contributed by atoms with Crippen LogP contribution in [0.4, 0.5) is 5.69 Å². The number of carbonyl (C=O) groups excluding carboxylic acids is 1. The standard InChI is InChI=1S/C20H19BrN2O2/c1-13-5-3-8-17(14(13)2)23-19(24)9-10-20-22-12-18(25-20)15-6-4-7-16(21)11-15/h3-8,11-12H,9-10H2,1-2H3,(H,23,24). The zero-order valence-electron chi connectivity index (χ0n) is 14.2. The summed E-state index contributed by atoms with van der Waals surface area (Å²) < 4.78 is 6.74. The summed E-state index contributed by atoms with van der Waals surface area (Å²) in [6.07, 6.45) is 2.48. The third kappa shape index (κ3) is 4.37. The predicted molar refractivity (Wildman–Crippen MR) is 103 cm³/mol. The van der Waals surface area contributed by atoms with Gasteiger partial charge in [0.2, 0.25) is 5.91 Å². The zero-order chi connectivity index (χ0) is 17.8. The van der Waals surface area contributed by atoms with Gasteiger partial charge in [0.05, 0.1) is 6.20 Å². The van der Waals surface area contributed by atoms with Crippen molar-refractivity contribution in [1.29, 1.82) is 0 Å². The Balaban J connectivity index is 1.60. The molecule has 0 spiro atoms. The smallest absolute Gasteiger partial charge is 0.224 e. The van der Waals surface area contributed by atoms with Crippen molar-refractivity contribution in [3.63, 3.8) is 0 Å². The molecule has 0 saturated carbocycles. The number of rotatable bonds is 5. The molecular formula is C20H19BrN2O2. The molecule has 1 heterocycles. The molecule has 0 bridgehead atoms. The molecule has 25 heavy (non-hydrogen) atoms. The minimum atomic E-state index is -0.0455. The lowest BCUT2D eigenvalue weighted by Crippen LogP contribution is -2.13. The quantitative estimate of drug-likeness (QED) is 0.634. The molecule has 4 nitrogen and oxygen atoms in total. The molecule has 1 N–H and O–H groups in total. The van der Waals surface area contributed by atoms with Crippen LogP contribution in [0.1, 0.15) is 23.4 Å². The van der Waals surface area contributed by atoms with E-state index in [4.69, 9.17) is 4.42 Å². The van der Waals surface area contributed by atoms with E-state index in [9.17, 15) is 4.79 Å². The number of benzene rings is 2. The van der Waals surface area contributed by atoms with Crippen LogP contribution in [0.5, 0.6) is 0 Å². The van der Waals surface area contributed by atoms with Gasteiger partial charge in [-0.2, -0.15) is 0 Å². The summed E-state index contributed by atoms with van der Waals surface area (Å²) in [5.74, 6) is 1.22. The van der Waals surface area contributed by atoms with Crippen molar-refractivity contribution < 1.29 is 9.21 Å². The average Bonchev–Trinajstić information content (AvgIpc) is 3.06. The second-order valence-corrected chi connectivity index (χ2v) is 6.84. The van der Waals surface area contributed by atoms with Crippen LogP contribution in [-0.2, 0) is 11.2 Å². The number of oxazole rings is 1. The Morgan fingerprint density at radius 1 is 1.20 bits per heavy atom. The largest absolute Gasteiger partial charge is 0.441 e. The van der Waals surface area contributed by atoms with Gasteiger partial charge < -0.3 is 9.73 Å². The number of nitrogens with one attached hydrogen (secondary N) is 1. The maximum absolute atomic E-state index is 12.2. The van der Waals surface area contributed by atoms with Gasteiger partial charge in [-0.25, -0.2) is 4.98 Å². The van der Waals surface area contributed by atoms with E-state index in [2.05, 4.69) is 26.2 Å².